The van der Waals surface area contributed by atoms with Gasteiger partial charge >= 0.3 is 0 Å². The molecule has 0 radical (unpaired) electrons. The molecule has 0 aliphatic carbocycles. The Kier molecular flexibility index (Phi) is 3.96. The van der Waals surface area contributed by atoms with E-state index in [1.54, 1.807) is 0 Å². The molecule has 0 heterocycles. The molecule has 1 atom stereocenters. The van der Waals surface area contributed by atoms with Gasteiger partial charge in [-0.05, 0) is 30.9 Å². The lowest BCUT2D eigenvalue weighted by Crippen LogP contribution is -2.26. The fraction of sp³-hybridized carbons (Fsp3) is 0.500. The van der Waals surface area contributed by atoms with E-state index in [0.29, 0.717) is 0 Å². The van der Waals surface area contributed by atoms with Crippen molar-refractivity contribution >= 4 is 5.69 Å². The van der Waals surface area contributed by atoms with Gasteiger partial charge in [-0.15, -0.1) is 0 Å². The van der Waals surface area contributed by atoms with Gasteiger partial charge in [0.25, 0.3) is 0 Å². The van der Waals surface area contributed by atoms with Crippen LogP contribution < -0.4 is 11.1 Å². The van der Waals surface area contributed by atoms with Crippen molar-refractivity contribution in [2.45, 2.75) is 39.8 Å². The Morgan fingerprint density at radius 3 is 2.07 bits per heavy atom. The molecule has 2 heteroatoms. The normalized spacial score (nSPS) is 12.6. The maximum Gasteiger partial charge on any atom is 0.0714 e. The van der Waals surface area contributed by atoms with Crippen molar-refractivity contribution in [1.82, 2.24) is 0 Å². The largest absolute Gasteiger partial charge is 0.370 e. The summed E-state index contributed by atoms with van der Waals surface area (Å²) in [6.45, 7) is 6.30. The molecule has 1 aromatic rings. The van der Waals surface area contributed by atoms with Gasteiger partial charge in [-0.3, -0.25) is 0 Å². The zero-order valence-corrected chi connectivity index (χ0v) is 9.30. The number of hydrogen-bond acceptors (Lipinski definition) is 2. The number of benzene rings is 1. The van der Waals surface area contributed by atoms with E-state index in [-0.39, 0.29) is 6.17 Å². The number of anilines is 1. The van der Waals surface area contributed by atoms with Crippen LogP contribution in [0.2, 0.25) is 0 Å². The maximum absolute atomic E-state index is 5.76. The lowest BCUT2D eigenvalue weighted by molar-refractivity contribution is 0.843. The number of hydrogen-bond donors (Lipinski definition) is 2. The molecular formula is C12H20N2. The van der Waals surface area contributed by atoms with Crippen LogP contribution in [-0.2, 0) is 12.8 Å². The first-order chi connectivity index (χ1) is 6.69. The van der Waals surface area contributed by atoms with Crippen molar-refractivity contribution in [2.75, 3.05) is 5.32 Å². The van der Waals surface area contributed by atoms with Crippen molar-refractivity contribution in [3.05, 3.63) is 29.3 Å². The van der Waals surface area contributed by atoms with E-state index < -0.39 is 0 Å². The number of nitrogens with one attached hydrogen (secondary N) is 1. The molecule has 2 nitrogen and oxygen atoms in total. The number of para-hydroxylation sites is 1. The van der Waals surface area contributed by atoms with Crippen LogP contribution >= 0.6 is 0 Å². The van der Waals surface area contributed by atoms with Crippen molar-refractivity contribution in [1.29, 1.82) is 0 Å². The third kappa shape index (κ3) is 2.48. The van der Waals surface area contributed by atoms with Crippen molar-refractivity contribution in [3.8, 4) is 0 Å². The van der Waals surface area contributed by atoms with Crippen LogP contribution in [0.1, 0.15) is 31.9 Å². The molecule has 0 saturated carbocycles. The van der Waals surface area contributed by atoms with E-state index in [2.05, 4.69) is 37.4 Å². The Balaban J connectivity index is 3.05. The molecule has 0 aliphatic heterocycles. The first-order valence-corrected chi connectivity index (χ1v) is 5.31. The Hall–Kier alpha value is -1.02. The van der Waals surface area contributed by atoms with Crippen LogP contribution in [0.5, 0.6) is 0 Å². The SMILES string of the molecule is CCc1cccc(CC)c1NC(C)N. The molecule has 1 aromatic carbocycles. The van der Waals surface area contributed by atoms with Gasteiger partial charge < -0.3 is 11.1 Å². The van der Waals surface area contributed by atoms with E-state index in [4.69, 9.17) is 5.73 Å². The first kappa shape index (κ1) is 11.1. The molecule has 3 N–H and O–H groups in total. The van der Waals surface area contributed by atoms with Crippen molar-refractivity contribution in [2.24, 2.45) is 5.73 Å². The maximum atomic E-state index is 5.76. The molecular weight excluding hydrogens is 172 g/mol. The monoisotopic (exact) mass is 192 g/mol. The second kappa shape index (κ2) is 5.01. The Morgan fingerprint density at radius 2 is 1.71 bits per heavy atom. The predicted octanol–water partition coefficient (Wildman–Crippen LogP) is 2.53. The number of rotatable bonds is 4. The highest BCUT2D eigenvalue weighted by Crippen LogP contribution is 2.22. The number of aryl methyl sites for hydroxylation is 2. The molecule has 1 unspecified atom stereocenters. The minimum Gasteiger partial charge on any atom is -0.370 e. The van der Waals surface area contributed by atoms with Crippen molar-refractivity contribution < 1.29 is 0 Å². The predicted molar refractivity (Wildman–Crippen MR) is 62.5 cm³/mol. The molecule has 0 amide bonds. The van der Waals surface area contributed by atoms with E-state index in [1.165, 1.54) is 16.8 Å². The van der Waals surface area contributed by atoms with Crippen LogP contribution in [0.25, 0.3) is 0 Å². The van der Waals surface area contributed by atoms with Gasteiger partial charge in [0.05, 0.1) is 6.17 Å². The molecule has 0 aromatic heterocycles. The third-order valence-corrected chi connectivity index (χ3v) is 2.37. The molecule has 0 fully saturated rings. The van der Waals surface area contributed by atoms with Crippen molar-refractivity contribution in [3.63, 3.8) is 0 Å². The fourth-order valence-electron chi connectivity index (χ4n) is 1.66. The van der Waals surface area contributed by atoms with Crippen LogP contribution in [0.4, 0.5) is 5.69 Å². The Labute approximate surface area is 86.5 Å². The summed E-state index contributed by atoms with van der Waals surface area (Å²) < 4.78 is 0. The Morgan fingerprint density at radius 1 is 1.21 bits per heavy atom. The molecule has 0 saturated heterocycles. The van der Waals surface area contributed by atoms with E-state index in [0.717, 1.165) is 12.8 Å². The summed E-state index contributed by atoms with van der Waals surface area (Å²) in [5, 5.41) is 3.32. The zero-order valence-electron chi connectivity index (χ0n) is 9.30. The highest BCUT2D eigenvalue weighted by atomic mass is 15.0. The fourth-order valence-corrected chi connectivity index (χ4v) is 1.66. The summed E-state index contributed by atoms with van der Waals surface area (Å²) in [6.07, 6.45) is 2.10. The first-order valence-electron chi connectivity index (χ1n) is 5.31. The zero-order chi connectivity index (χ0) is 10.6. The molecule has 14 heavy (non-hydrogen) atoms. The lowest BCUT2D eigenvalue weighted by atomic mass is 10.0. The van der Waals surface area contributed by atoms with Gasteiger partial charge in [-0.2, -0.15) is 0 Å². The van der Waals surface area contributed by atoms with E-state index in [9.17, 15) is 0 Å². The summed E-state index contributed by atoms with van der Waals surface area (Å²) in [6, 6.07) is 6.43. The second-order valence-electron chi connectivity index (χ2n) is 3.59. The van der Waals surface area contributed by atoms with Crippen LogP contribution in [-0.4, -0.2) is 6.17 Å². The van der Waals surface area contributed by atoms with Gasteiger partial charge in [0.1, 0.15) is 0 Å². The lowest BCUT2D eigenvalue weighted by Gasteiger charge is -2.17. The molecule has 0 bridgehead atoms. The second-order valence-corrected chi connectivity index (χ2v) is 3.59. The highest BCUT2D eigenvalue weighted by Gasteiger charge is 2.06. The molecule has 78 valence electrons. The minimum absolute atomic E-state index is 0.00741. The summed E-state index contributed by atoms with van der Waals surface area (Å²) >= 11 is 0. The minimum atomic E-state index is 0.00741. The van der Waals surface area contributed by atoms with Crippen LogP contribution in [0.15, 0.2) is 18.2 Å². The van der Waals surface area contributed by atoms with Gasteiger partial charge in [-0.25, -0.2) is 0 Å². The Bertz CT molecular complexity index is 270. The smallest absolute Gasteiger partial charge is 0.0714 e. The highest BCUT2D eigenvalue weighted by molar-refractivity contribution is 5.58. The average molecular weight is 192 g/mol. The van der Waals surface area contributed by atoms with Gasteiger partial charge in [0, 0.05) is 5.69 Å². The van der Waals surface area contributed by atoms with Gasteiger partial charge in [0.2, 0.25) is 0 Å². The quantitative estimate of drug-likeness (QED) is 0.719. The average Bonchev–Trinajstić information content (AvgIpc) is 2.17. The van der Waals surface area contributed by atoms with Gasteiger partial charge in [-0.1, -0.05) is 32.0 Å². The molecule has 0 spiro atoms. The number of nitrogens with two attached hydrogens (primary N) is 1. The van der Waals surface area contributed by atoms with E-state index >= 15 is 0 Å². The topological polar surface area (TPSA) is 38.0 Å². The summed E-state index contributed by atoms with van der Waals surface area (Å²) in [7, 11) is 0. The van der Waals surface area contributed by atoms with Crippen LogP contribution in [0.3, 0.4) is 0 Å². The third-order valence-electron chi connectivity index (χ3n) is 2.37. The molecule has 1 rings (SSSR count). The standard InChI is InChI=1S/C12H20N2/c1-4-10-7-6-8-11(5-2)12(10)14-9(3)13/h6-9,14H,4-5,13H2,1-3H3. The van der Waals surface area contributed by atoms with E-state index in [1.807, 2.05) is 6.92 Å². The van der Waals surface area contributed by atoms with Crippen LogP contribution in [0, 0.1) is 0 Å². The summed E-state index contributed by atoms with van der Waals surface area (Å²) in [5.74, 6) is 0. The van der Waals surface area contributed by atoms with Gasteiger partial charge in [0.15, 0.2) is 0 Å². The molecule has 0 aliphatic rings. The summed E-state index contributed by atoms with van der Waals surface area (Å²) in [4.78, 5) is 0. The summed E-state index contributed by atoms with van der Waals surface area (Å²) in [5.41, 5.74) is 9.69.